The fourth-order valence-corrected chi connectivity index (χ4v) is 2.77. The third-order valence-electron chi connectivity index (χ3n) is 2.79. The van der Waals surface area contributed by atoms with Crippen molar-refractivity contribution in [3.8, 4) is 11.4 Å². The van der Waals surface area contributed by atoms with E-state index in [2.05, 4.69) is 15.3 Å². The summed E-state index contributed by atoms with van der Waals surface area (Å²) in [5.41, 5.74) is 0.613. The van der Waals surface area contributed by atoms with Gasteiger partial charge in [-0.05, 0) is 43.4 Å². The van der Waals surface area contributed by atoms with Gasteiger partial charge in [0.2, 0.25) is 4.77 Å². The summed E-state index contributed by atoms with van der Waals surface area (Å²) in [6.07, 6.45) is 1.71. The van der Waals surface area contributed by atoms with Crippen LogP contribution in [0.3, 0.4) is 0 Å². The van der Waals surface area contributed by atoms with Crippen molar-refractivity contribution in [2.24, 2.45) is 5.10 Å². The van der Waals surface area contributed by atoms with E-state index in [0.717, 1.165) is 4.88 Å². The van der Waals surface area contributed by atoms with Crippen LogP contribution in [-0.4, -0.2) is 21.1 Å². The van der Waals surface area contributed by atoms with Crippen LogP contribution in [0.2, 0.25) is 0 Å². The van der Waals surface area contributed by atoms with Gasteiger partial charge in [0.25, 0.3) is 0 Å². The molecule has 0 aliphatic rings. The maximum Gasteiger partial charge on any atom is 0.216 e. The molecule has 0 radical (unpaired) electrons. The zero-order valence-electron chi connectivity index (χ0n) is 11.1. The van der Waals surface area contributed by atoms with Gasteiger partial charge in [-0.2, -0.15) is 14.9 Å². The number of aromatic amines is 1. The molecular weight excluding hydrogens is 307 g/mol. The number of thiophene rings is 1. The molecule has 0 spiro atoms. The van der Waals surface area contributed by atoms with E-state index in [4.69, 9.17) is 12.2 Å². The molecule has 1 aromatic carbocycles. The molecule has 0 unspecified atom stereocenters. The number of aryl methyl sites for hydroxylation is 1. The third-order valence-corrected chi connectivity index (χ3v) is 3.99. The van der Waals surface area contributed by atoms with Crippen molar-refractivity contribution in [1.29, 1.82) is 0 Å². The second kappa shape index (κ2) is 5.71. The largest absolute Gasteiger partial charge is 0.250 e. The molecule has 0 bridgehead atoms. The van der Waals surface area contributed by atoms with Crippen molar-refractivity contribution in [3.63, 3.8) is 0 Å². The Kier molecular flexibility index (Phi) is 3.76. The Morgan fingerprint density at radius 3 is 2.95 bits per heavy atom. The van der Waals surface area contributed by atoms with Crippen LogP contribution in [0.15, 0.2) is 41.5 Å². The molecule has 106 valence electrons. The Bertz CT molecular complexity index is 860. The maximum atomic E-state index is 13.3. The standard InChI is InChI=1S/C14H11FN4S2/c1-9-5-6-12(21-9)8-16-19-13(17-18-14(19)20)10-3-2-4-11(15)7-10/h2-8H,1H3,(H,18,20)/b16-8-. The number of benzene rings is 1. The number of rotatable bonds is 3. The van der Waals surface area contributed by atoms with Gasteiger partial charge in [-0.25, -0.2) is 9.49 Å². The van der Waals surface area contributed by atoms with E-state index < -0.39 is 0 Å². The summed E-state index contributed by atoms with van der Waals surface area (Å²) in [7, 11) is 0. The van der Waals surface area contributed by atoms with Crippen LogP contribution >= 0.6 is 23.6 Å². The molecule has 4 nitrogen and oxygen atoms in total. The molecule has 2 heterocycles. The van der Waals surface area contributed by atoms with E-state index in [1.54, 1.807) is 29.7 Å². The van der Waals surface area contributed by atoms with E-state index in [1.165, 1.54) is 21.7 Å². The summed E-state index contributed by atoms with van der Waals surface area (Å²) < 4.78 is 15.2. The lowest BCUT2D eigenvalue weighted by atomic mass is 10.2. The van der Waals surface area contributed by atoms with Gasteiger partial charge in [0.1, 0.15) is 5.82 Å². The van der Waals surface area contributed by atoms with Crippen LogP contribution in [0.5, 0.6) is 0 Å². The third kappa shape index (κ3) is 2.98. The first kappa shape index (κ1) is 13.8. The predicted octanol–water partition coefficient (Wildman–Crippen LogP) is 4.00. The van der Waals surface area contributed by atoms with Crippen molar-refractivity contribution in [3.05, 3.63) is 56.7 Å². The van der Waals surface area contributed by atoms with E-state index >= 15 is 0 Å². The Balaban J connectivity index is 2.01. The zero-order chi connectivity index (χ0) is 14.8. The first-order valence-corrected chi connectivity index (χ1v) is 7.40. The lowest BCUT2D eigenvalue weighted by Crippen LogP contribution is -1.94. The molecule has 0 saturated carbocycles. The number of hydrogen-bond donors (Lipinski definition) is 1. The van der Waals surface area contributed by atoms with Gasteiger partial charge in [0.05, 0.1) is 6.21 Å². The second-order valence-electron chi connectivity index (χ2n) is 4.37. The van der Waals surface area contributed by atoms with Crippen molar-refractivity contribution < 1.29 is 4.39 Å². The van der Waals surface area contributed by atoms with Crippen LogP contribution in [0.25, 0.3) is 11.4 Å². The fourth-order valence-electron chi connectivity index (χ4n) is 1.85. The lowest BCUT2D eigenvalue weighted by Gasteiger charge is -2.00. The number of H-pyrrole nitrogens is 1. The number of hydrogen-bond acceptors (Lipinski definition) is 4. The molecule has 0 aliphatic heterocycles. The van der Waals surface area contributed by atoms with Crippen LogP contribution < -0.4 is 0 Å². The van der Waals surface area contributed by atoms with Crippen LogP contribution in [-0.2, 0) is 0 Å². The number of nitrogens with zero attached hydrogens (tertiary/aromatic N) is 3. The summed E-state index contributed by atoms with van der Waals surface area (Å²) in [5.74, 6) is 0.148. The maximum absolute atomic E-state index is 13.3. The molecule has 0 aliphatic carbocycles. The number of halogens is 1. The Labute approximate surface area is 129 Å². The Morgan fingerprint density at radius 2 is 2.24 bits per heavy atom. The monoisotopic (exact) mass is 318 g/mol. The minimum absolute atomic E-state index is 0.328. The molecule has 3 aromatic rings. The first-order chi connectivity index (χ1) is 10.1. The summed E-state index contributed by atoms with van der Waals surface area (Å²) >= 11 is 6.80. The first-order valence-electron chi connectivity index (χ1n) is 6.17. The highest BCUT2D eigenvalue weighted by Gasteiger charge is 2.08. The summed E-state index contributed by atoms with van der Waals surface area (Å²) in [6.45, 7) is 2.03. The topological polar surface area (TPSA) is 46.0 Å². The highest BCUT2D eigenvalue weighted by molar-refractivity contribution is 7.71. The fraction of sp³-hybridized carbons (Fsp3) is 0.0714. The molecule has 0 saturated heterocycles. The van der Waals surface area contributed by atoms with Gasteiger partial charge < -0.3 is 0 Å². The smallest absolute Gasteiger partial charge is 0.216 e. The van der Waals surface area contributed by atoms with Crippen LogP contribution in [0.1, 0.15) is 9.75 Å². The summed E-state index contributed by atoms with van der Waals surface area (Å²) in [5, 5.41) is 11.1. The van der Waals surface area contributed by atoms with Crippen molar-refractivity contribution >= 4 is 29.8 Å². The van der Waals surface area contributed by atoms with Gasteiger partial charge in [-0.3, -0.25) is 0 Å². The molecule has 0 atom stereocenters. The quantitative estimate of drug-likeness (QED) is 0.586. The summed E-state index contributed by atoms with van der Waals surface area (Å²) in [4.78, 5) is 2.22. The predicted molar refractivity (Wildman–Crippen MR) is 84.9 cm³/mol. The zero-order valence-corrected chi connectivity index (χ0v) is 12.7. The van der Waals surface area contributed by atoms with E-state index in [-0.39, 0.29) is 5.82 Å². The summed E-state index contributed by atoms with van der Waals surface area (Å²) in [6, 6.07) is 10.2. The molecule has 1 N–H and O–H groups in total. The molecule has 0 amide bonds. The van der Waals surface area contributed by atoms with Crippen molar-refractivity contribution in [2.75, 3.05) is 0 Å². The lowest BCUT2D eigenvalue weighted by molar-refractivity contribution is 0.628. The average molecular weight is 318 g/mol. The molecule has 21 heavy (non-hydrogen) atoms. The van der Waals surface area contributed by atoms with Gasteiger partial charge in [0.15, 0.2) is 5.82 Å². The highest BCUT2D eigenvalue weighted by Crippen LogP contribution is 2.18. The Hall–Kier alpha value is -2.12. The molecule has 2 aromatic heterocycles. The second-order valence-corrected chi connectivity index (χ2v) is 6.07. The molecular formula is C14H11FN4S2. The van der Waals surface area contributed by atoms with E-state index in [1.807, 2.05) is 19.1 Å². The minimum atomic E-state index is -0.328. The average Bonchev–Trinajstić information content (AvgIpc) is 3.03. The van der Waals surface area contributed by atoms with Crippen LogP contribution in [0.4, 0.5) is 4.39 Å². The van der Waals surface area contributed by atoms with Crippen molar-refractivity contribution in [2.45, 2.75) is 6.92 Å². The number of aromatic nitrogens is 3. The molecule has 7 heteroatoms. The van der Waals surface area contributed by atoms with Gasteiger partial charge in [0, 0.05) is 15.3 Å². The van der Waals surface area contributed by atoms with Crippen LogP contribution in [0, 0.1) is 17.5 Å². The van der Waals surface area contributed by atoms with E-state index in [0.29, 0.717) is 16.2 Å². The SMILES string of the molecule is Cc1ccc(/C=N\n2c(-c3cccc(F)c3)n[nH]c2=S)s1. The normalized spacial score (nSPS) is 11.3. The molecule has 3 rings (SSSR count). The molecule has 0 fully saturated rings. The van der Waals surface area contributed by atoms with Gasteiger partial charge >= 0.3 is 0 Å². The van der Waals surface area contributed by atoms with Gasteiger partial charge in [-0.15, -0.1) is 11.3 Å². The van der Waals surface area contributed by atoms with E-state index in [9.17, 15) is 4.39 Å². The van der Waals surface area contributed by atoms with Crippen molar-refractivity contribution in [1.82, 2.24) is 14.9 Å². The highest BCUT2D eigenvalue weighted by atomic mass is 32.1. The Morgan fingerprint density at radius 1 is 1.38 bits per heavy atom. The van der Waals surface area contributed by atoms with Gasteiger partial charge in [-0.1, -0.05) is 12.1 Å². The number of nitrogens with one attached hydrogen (secondary N) is 1. The minimum Gasteiger partial charge on any atom is -0.250 e.